The van der Waals surface area contributed by atoms with Crippen molar-refractivity contribution in [2.24, 2.45) is 0 Å². The Balaban J connectivity index is 2.15. The predicted octanol–water partition coefficient (Wildman–Crippen LogP) is 1.86. The monoisotopic (exact) mass is 291 g/mol. The predicted molar refractivity (Wildman–Crippen MR) is 85.2 cm³/mol. The molecule has 5 nitrogen and oxygen atoms in total. The highest BCUT2D eigenvalue weighted by Gasteiger charge is 2.21. The lowest BCUT2D eigenvalue weighted by atomic mass is 10.1. The van der Waals surface area contributed by atoms with Gasteiger partial charge in [0.05, 0.1) is 6.10 Å². The Morgan fingerprint density at radius 1 is 1.43 bits per heavy atom. The number of anilines is 2. The number of rotatable bonds is 5. The molecule has 0 spiro atoms. The van der Waals surface area contributed by atoms with E-state index >= 15 is 0 Å². The Labute approximate surface area is 126 Å². The summed E-state index contributed by atoms with van der Waals surface area (Å²) < 4.78 is 5.64. The van der Waals surface area contributed by atoms with Crippen molar-refractivity contribution in [3.63, 3.8) is 0 Å². The van der Waals surface area contributed by atoms with Gasteiger partial charge in [-0.1, -0.05) is 0 Å². The molecule has 2 rings (SSSR count). The normalized spacial score (nSPS) is 17.8. The minimum atomic E-state index is 0.0673. The highest BCUT2D eigenvalue weighted by molar-refractivity contribution is 5.74. The molecule has 1 aliphatic rings. The number of amides is 1. The highest BCUT2D eigenvalue weighted by atomic mass is 16.5. The lowest BCUT2D eigenvalue weighted by molar-refractivity contribution is -0.131. The molecule has 1 saturated heterocycles. The minimum absolute atomic E-state index is 0.0673. The van der Waals surface area contributed by atoms with Crippen LogP contribution in [-0.2, 0) is 16.1 Å². The molecule has 21 heavy (non-hydrogen) atoms. The van der Waals surface area contributed by atoms with Crippen LogP contribution in [0.4, 0.5) is 11.4 Å². The van der Waals surface area contributed by atoms with Crippen LogP contribution in [0.25, 0.3) is 0 Å². The summed E-state index contributed by atoms with van der Waals surface area (Å²) in [6.45, 7) is 3.62. The molecule has 1 fully saturated rings. The second-order valence-electron chi connectivity index (χ2n) is 5.82. The van der Waals surface area contributed by atoms with Crippen LogP contribution in [0.3, 0.4) is 0 Å². The number of carbonyl (C=O) groups is 1. The molecular weight excluding hydrogens is 266 g/mol. The molecule has 1 aliphatic heterocycles. The van der Waals surface area contributed by atoms with E-state index in [0.717, 1.165) is 36.4 Å². The summed E-state index contributed by atoms with van der Waals surface area (Å²) in [6.07, 6.45) is 2.27. The molecule has 5 heteroatoms. The fourth-order valence-electron chi connectivity index (χ4n) is 2.71. The second kappa shape index (κ2) is 6.80. The molecule has 2 N–H and O–H groups in total. The number of ether oxygens (including phenoxy) is 1. The van der Waals surface area contributed by atoms with Gasteiger partial charge in [-0.15, -0.1) is 0 Å². The van der Waals surface area contributed by atoms with Gasteiger partial charge in [-0.05, 0) is 36.6 Å². The van der Waals surface area contributed by atoms with Crippen LogP contribution in [0.2, 0.25) is 0 Å². The molecule has 0 saturated carbocycles. The molecule has 0 aliphatic carbocycles. The lowest BCUT2D eigenvalue weighted by Gasteiger charge is -2.27. The van der Waals surface area contributed by atoms with Crippen molar-refractivity contribution >= 4 is 17.3 Å². The smallest absolute Gasteiger partial charge is 0.219 e. The summed E-state index contributed by atoms with van der Waals surface area (Å²) in [5.74, 6) is 0.0673. The maximum Gasteiger partial charge on any atom is 0.219 e. The summed E-state index contributed by atoms with van der Waals surface area (Å²) in [7, 11) is 3.99. The fourth-order valence-corrected chi connectivity index (χ4v) is 2.71. The van der Waals surface area contributed by atoms with Crippen LogP contribution >= 0.6 is 0 Å². The first-order valence-electron chi connectivity index (χ1n) is 7.40. The maximum atomic E-state index is 11.9. The molecule has 1 aromatic rings. The van der Waals surface area contributed by atoms with E-state index in [1.165, 1.54) is 0 Å². The summed E-state index contributed by atoms with van der Waals surface area (Å²) in [4.78, 5) is 15.8. The van der Waals surface area contributed by atoms with Gasteiger partial charge in [0.1, 0.15) is 0 Å². The fraction of sp³-hybridized carbons (Fsp3) is 0.562. The Morgan fingerprint density at radius 3 is 2.76 bits per heavy atom. The molecule has 1 heterocycles. The van der Waals surface area contributed by atoms with E-state index in [4.69, 9.17) is 10.5 Å². The first-order valence-corrected chi connectivity index (χ1v) is 7.40. The summed E-state index contributed by atoms with van der Waals surface area (Å²) in [6, 6.07) is 5.83. The van der Waals surface area contributed by atoms with Crippen molar-refractivity contribution in [1.82, 2.24) is 4.90 Å². The van der Waals surface area contributed by atoms with Gasteiger partial charge in [0, 0.05) is 52.1 Å². The van der Waals surface area contributed by atoms with Crippen LogP contribution in [0, 0.1) is 0 Å². The first-order chi connectivity index (χ1) is 9.97. The van der Waals surface area contributed by atoms with Gasteiger partial charge in [0.2, 0.25) is 5.91 Å². The zero-order valence-electron chi connectivity index (χ0n) is 13.1. The van der Waals surface area contributed by atoms with Crippen molar-refractivity contribution in [3.05, 3.63) is 23.8 Å². The van der Waals surface area contributed by atoms with Crippen LogP contribution in [0.15, 0.2) is 18.2 Å². The molecule has 1 amide bonds. The van der Waals surface area contributed by atoms with Crippen molar-refractivity contribution in [1.29, 1.82) is 0 Å². The zero-order valence-corrected chi connectivity index (χ0v) is 13.1. The van der Waals surface area contributed by atoms with Crippen LogP contribution in [0.5, 0.6) is 0 Å². The van der Waals surface area contributed by atoms with E-state index in [1.807, 2.05) is 42.1 Å². The molecule has 1 atom stereocenters. The zero-order chi connectivity index (χ0) is 15.4. The average molecular weight is 291 g/mol. The molecule has 0 bridgehead atoms. The molecular formula is C16H25N3O2. The van der Waals surface area contributed by atoms with Gasteiger partial charge in [0.15, 0.2) is 0 Å². The summed E-state index contributed by atoms with van der Waals surface area (Å²) >= 11 is 0. The number of nitrogens with two attached hydrogens (primary N) is 1. The average Bonchev–Trinajstić information content (AvgIpc) is 2.90. The summed E-state index contributed by atoms with van der Waals surface area (Å²) in [5, 5.41) is 0. The topological polar surface area (TPSA) is 58.8 Å². The second-order valence-corrected chi connectivity index (χ2v) is 5.82. The van der Waals surface area contributed by atoms with E-state index in [9.17, 15) is 4.79 Å². The van der Waals surface area contributed by atoms with Gasteiger partial charge in [-0.3, -0.25) is 4.79 Å². The van der Waals surface area contributed by atoms with E-state index in [1.54, 1.807) is 6.92 Å². The highest BCUT2D eigenvalue weighted by Crippen LogP contribution is 2.24. The maximum absolute atomic E-state index is 11.9. The lowest BCUT2D eigenvalue weighted by Crippen LogP contribution is -2.35. The van der Waals surface area contributed by atoms with Gasteiger partial charge >= 0.3 is 0 Å². The molecule has 0 radical (unpaired) electrons. The van der Waals surface area contributed by atoms with E-state index in [0.29, 0.717) is 13.1 Å². The summed E-state index contributed by atoms with van der Waals surface area (Å²) in [5.41, 5.74) is 8.76. The quantitative estimate of drug-likeness (QED) is 0.841. The van der Waals surface area contributed by atoms with Crippen molar-refractivity contribution < 1.29 is 9.53 Å². The number of benzene rings is 1. The van der Waals surface area contributed by atoms with E-state index < -0.39 is 0 Å². The third-order valence-electron chi connectivity index (χ3n) is 3.84. The van der Waals surface area contributed by atoms with Crippen molar-refractivity contribution in [3.8, 4) is 0 Å². The minimum Gasteiger partial charge on any atom is -0.399 e. The van der Waals surface area contributed by atoms with Crippen molar-refractivity contribution in [2.45, 2.75) is 32.4 Å². The standard InChI is InChI=1S/C16H25N3O2/c1-12(20)19(11-15-5-4-8-21-15)10-13-9-14(17)6-7-16(13)18(2)3/h6-7,9,15H,4-5,8,10-11,17H2,1-3H3/t15-/m1/s1. The number of hydrogen-bond donors (Lipinski definition) is 1. The first kappa shape index (κ1) is 15.6. The van der Waals surface area contributed by atoms with Crippen LogP contribution in [0.1, 0.15) is 25.3 Å². The Hall–Kier alpha value is -1.75. The van der Waals surface area contributed by atoms with Gasteiger partial charge in [0.25, 0.3) is 0 Å². The number of nitrogens with zero attached hydrogens (tertiary/aromatic N) is 2. The largest absolute Gasteiger partial charge is 0.399 e. The third kappa shape index (κ3) is 4.11. The number of carbonyl (C=O) groups excluding carboxylic acids is 1. The SMILES string of the molecule is CC(=O)N(Cc1cc(N)ccc1N(C)C)C[C@H]1CCCO1. The Kier molecular flexibility index (Phi) is 5.07. The molecule has 116 valence electrons. The molecule has 0 unspecified atom stereocenters. The number of nitrogen functional groups attached to an aromatic ring is 1. The van der Waals surface area contributed by atoms with Gasteiger partial charge in [-0.2, -0.15) is 0 Å². The Morgan fingerprint density at radius 2 is 2.19 bits per heavy atom. The third-order valence-corrected chi connectivity index (χ3v) is 3.84. The van der Waals surface area contributed by atoms with Gasteiger partial charge in [-0.25, -0.2) is 0 Å². The molecule has 1 aromatic carbocycles. The van der Waals surface area contributed by atoms with E-state index in [-0.39, 0.29) is 12.0 Å². The van der Waals surface area contributed by atoms with Gasteiger partial charge < -0.3 is 20.3 Å². The van der Waals surface area contributed by atoms with E-state index in [2.05, 4.69) is 0 Å². The van der Waals surface area contributed by atoms with Crippen LogP contribution in [-0.4, -0.2) is 44.2 Å². The Bertz CT molecular complexity index is 496. The van der Waals surface area contributed by atoms with Crippen LogP contribution < -0.4 is 10.6 Å². The molecule has 0 aromatic heterocycles. The number of hydrogen-bond acceptors (Lipinski definition) is 4. The van der Waals surface area contributed by atoms with Crippen molar-refractivity contribution in [2.75, 3.05) is 37.9 Å².